The van der Waals surface area contributed by atoms with Gasteiger partial charge in [-0.1, -0.05) is 59.7 Å². The number of rotatable bonds is 6. The number of carbonyl (C=O) groups excluding carboxylic acids is 1. The largest absolute Gasteiger partial charge is 0.351 e. The Kier molecular flexibility index (Phi) is 5.94. The number of aryl methyl sites for hydroxylation is 2. The molecule has 0 radical (unpaired) electrons. The maximum absolute atomic E-state index is 12.7. The highest BCUT2D eigenvalue weighted by Crippen LogP contribution is 2.19. The predicted octanol–water partition coefficient (Wildman–Crippen LogP) is 1.98. The Morgan fingerprint density at radius 2 is 1.41 bits per heavy atom. The molecule has 2 aromatic carbocycles. The van der Waals surface area contributed by atoms with E-state index in [0.717, 1.165) is 22.3 Å². The van der Waals surface area contributed by atoms with Gasteiger partial charge in [-0.25, -0.2) is 0 Å². The first-order chi connectivity index (χ1) is 12.8. The number of benzene rings is 2. The van der Waals surface area contributed by atoms with Crippen LogP contribution in [0.15, 0.2) is 48.5 Å². The van der Waals surface area contributed by atoms with Gasteiger partial charge < -0.3 is 5.32 Å². The first kappa shape index (κ1) is 19.5. The minimum Gasteiger partial charge on any atom is -0.351 e. The minimum atomic E-state index is -3.61. The van der Waals surface area contributed by atoms with Crippen LogP contribution >= 0.6 is 0 Å². The number of hydrogen-bond donors (Lipinski definition) is 1. The zero-order chi connectivity index (χ0) is 19.4. The van der Waals surface area contributed by atoms with E-state index in [2.05, 4.69) is 5.32 Å². The highest BCUT2D eigenvalue weighted by molar-refractivity contribution is 7.87. The summed E-state index contributed by atoms with van der Waals surface area (Å²) in [6.45, 7) is 5.27. The second-order valence-corrected chi connectivity index (χ2v) is 8.85. The van der Waals surface area contributed by atoms with Gasteiger partial charge in [0.1, 0.15) is 0 Å². The molecule has 1 fully saturated rings. The van der Waals surface area contributed by atoms with E-state index in [1.165, 1.54) is 8.61 Å². The molecule has 0 spiro atoms. The molecule has 0 bridgehead atoms. The lowest BCUT2D eigenvalue weighted by atomic mass is 10.1. The molecule has 3 rings (SSSR count). The number of nitrogens with zero attached hydrogens (tertiary/aromatic N) is 2. The number of nitrogens with one attached hydrogen (secondary N) is 1. The van der Waals surface area contributed by atoms with Crippen LogP contribution in [0.2, 0.25) is 0 Å². The molecule has 0 atom stereocenters. The van der Waals surface area contributed by atoms with Crippen molar-refractivity contribution in [1.82, 2.24) is 13.9 Å². The fourth-order valence-electron chi connectivity index (χ4n) is 2.96. The first-order valence-corrected chi connectivity index (χ1v) is 10.4. The van der Waals surface area contributed by atoms with Gasteiger partial charge in [0.05, 0.1) is 6.54 Å². The fourth-order valence-corrected chi connectivity index (χ4v) is 4.50. The molecule has 7 heteroatoms. The monoisotopic (exact) mass is 387 g/mol. The van der Waals surface area contributed by atoms with Crippen LogP contribution in [0.3, 0.4) is 0 Å². The van der Waals surface area contributed by atoms with Crippen LogP contribution in [0.1, 0.15) is 22.3 Å². The van der Waals surface area contributed by atoms with Crippen molar-refractivity contribution in [2.75, 3.05) is 19.6 Å². The average Bonchev–Trinajstić information content (AvgIpc) is 2.91. The van der Waals surface area contributed by atoms with E-state index in [1.807, 2.05) is 62.4 Å². The normalized spacial score (nSPS) is 17.1. The Bertz CT molecular complexity index is 893. The molecule has 1 heterocycles. The smallest absolute Gasteiger partial charge is 0.282 e. The zero-order valence-electron chi connectivity index (χ0n) is 15.7. The van der Waals surface area contributed by atoms with Crippen molar-refractivity contribution in [2.45, 2.75) is 26.9 Å². The van der Waals surface area contributed by atoms with Gasteiger partial charge in [0.15, 0.2) is 0 Å². The third-order valence-corrected chi connectivity index (χ3v) is 6.59. The molecular formula is C20H25N3O3S. The second-order valence-electron chi connectivity index (χ2n) is 6.92. The Hall–Kier alpha value is -2.22. The Morgan fingerprint density at radius 3 is 2.00 bits per heavy atom. The summed E-state index contributed by atoms with van der Waals surface area (Å²) in [6.07, 6.45) is 0. The summed E-state index contributed by atoms with van der Waals surface area (Å²) >= 11 is 0. The van der Waals surface area contributed by atoms with Crippen LogP contribution in [-0.2, 0) is 28.1 Å². The van der Waals surface area contributed by atoms with E-state index in [1.54, 1.807) is 0 Å². The van der Waals surface area contributed by atoms with E-state index in [4.69, 9.17) is 0 Å². The summed E-state index contributed by atoms with van der Waals surface area (Å²) in [7, 11) is -3.61. The van der Waals surface area contributed by atoms with Crippen molar-refractivity contribution in [1.29, 1.82) is 0 Å². The number of hydrogen-bond acceptors (Lipinski definition) is 3. The zero-order valence-corrected chi connectivity index (χ0v) is 16.5. The van der Waals surface area contributed by atoms with Crippen LogP contribution < -0.4 is 5.32 Å². The van der Waals surface area contributed by atoms with Crippen LogP contribution in [0.5, 0.6) is 0 Å². The Labute approximate surface area is 161 Å². The van der Waals surface area contributed by atoms with Gasteiger partial charge in [-0.2, -0.15) is 17.0 Å². The van der Waals surface area contributed by atoms with Gasteiger partial charge >= 0.3 is 0 Å². The van der Waals surface area contributed by atoms with Gasteiger partial charge in [-0.05, 0) is 25.0 Å². The predicted molar refractivity (Wildman–Crippen MR) is 105 cm³/mol. The summed E-state index contributed by atoms with van der Waals surface area (Å²) in [4.78, 5) is 12.2. The molecular weight excluding hydrogens is 362 g/mol. The van der Waals surface area contributed by atoms with Crippen molar-refractivity contribution < 1.29 is 13.2 Å². The second kappa shape index (κ2) is 8.21. The lowest BCUT2D eigenvalue weighted by molar-refractivity contribution is -0.121. The Morgan fingerprint density at radius 1 is 0.889 bits per heavy atom. The van der Waals surface area contributed by atoms with Crippen LogP contribution in [-0.4, -0.2) is 42.6 Å². The first-order valence-electron chi connectivity index (χ1n) is 8.97. The van der Waals surface area contributed by atoms with E-state index < -0.39 is 10.2 Å². The molecule has 0 aliphatic carbocycles. The van der Waals surface area contributed by atoms with Crippen molar-refractivity contribution >= 4 is 16.1 Å². The lowest BCUT2D eigenvalue weighted by Crippen LogP contribution is -2.40. The molecule has 6 nitrogen and oxygen atoms in total. The molecule has 1 N–H and O–H groups in total. The Balaban J connectivity index is 1.55. The molecule has 0 unspecified atom stereocenters. The third-order valence-electron chi connectivity index (χ3n) is 4.66. The van der Waals surface area contributed by atoms with Gasteiger partial charge in [0.2, 0.25) is 5.91 Å². The van der Waals surface area contributed by atoms with Crippen LogP contribution in [0.25, 0.3) is 0 Å². The third kappa shape index (κ3) is 4.94. The molecule has 1 saturated heterocycles. The van der Waals surface area contributed by atoms with Gasteiger partial charge in [-0.15, -0.1) is 0 Å². The van der Waals surface area contributed by atoms with Crippen LogP contribution in [0, 0.1) is 13.8 Å². The summed E-state index contributed by atoms with van der Waals surface area (Å²) < 4.78 is 28.0. The molecule has 2 aromatic rings. The molecule has 1 amide bonds. The highest BCUT2D eigenvalue weighted by Gasteiger charge is 2.37. The van der Waals surface area contributed by atoms with Crippen molar-refractivity contribution in [3.8, 4) is 0 Å². The van der Waals surface area contributed by atoms with E-state index in [0.29, 0.717) is 26.2 Å². The highest BCUT2D eigenvalue weighted by atomic mass is 32.2. The van der Waals surface area contributed by atoms with Crippen molar-refractivity contribution in [2.24, 2.45) is 0 Å². The average molecular weight is 388 g/mol. The van der Waals surface area contributed by atoms with E-state index >= 15 is 0 Å². The summed E-state index contributed by atoms with van der Waals surface area (Å²) in [5.41, 5.74) is 4.21. The quantitative estimate of drug-likeness (QED) is 0.824. The van der Waals surface area contributed by atoms with E-state index in [-0.39, 0.29) is 12.5 Å². The van der Waals surface area contributed by atoms with Crippen molar-refractivity contribution in [3.63, 3.8) is 0 Å². The molecule has 27 heavy (non-hydrogen) atoms. The molecule has 1 aliphatic rings. The van der Waals surface area contributed by atoms with Gasteiger partial charge in [-0.3, -0.25) is 4.79 Å². The molecule has 1 aliphatic heterocycles. The van der Waals surface area contributed by atoms with Crippen molar-refractivity contribution in [3.05, 3.63) is 70.8 Å². The molecule has 0 saturated carbocycles. The minimum absolute atomic E-state index is 0.154. The van der Waals surface area contributed by atoms with Gasteiger partial charge in [0.25, 0.3) is 10.2 Å². The van der Waals surface area contributed by atoms with Gasteiger partial charge in [0, 0.05) is 26.2 Å². The number of carbonyl (C=O) groups is 1. The number of amides is 1. The lowest BCUT2D eigenvalue weighted by Gasteiger charge is -2.18. The summed E-state index contributed by atoms with van der Waals surface area (Å²) in [6, 6.07) is 15.7. The van der Waals surface area contributed by atoms with Crippen LogP contribution in [0.4, 0.5) is 0 Å². The SMILES string of the molecule is Cc1ccc(CNC(=O)CN2CCN(Cc3ccc(C)cc3)S2(=O)=O)cc1. The maximum Gasteiger partial charge on any atom is 0.282 e. The molecule has 144 valence electrons. The standard InChI is InChI=1S/C20H25N3O3S/c1-16-3-7-18(8-4-16)13-21-20(24)15-23-12-11-22(27(23,25)26)14-19-9-5-17(2)6-10-19/h3-10H,11-15H2,1-2H3,(H,21,24). The summed E-state index contributed by atoms with van der Waals surface area (Å²) in [5.74, 6) is -0.295. The van der Waals surface area contributed by atoms with E-state index in [9.17, 15) is 13.2 Å². The fraction of sp³-hybridized carbons (Fsp3) is 0.350. The maximum atomic E-state index is 12.7. The topological polar surface area (TPSA) is 69.7 Å². The summed E-state index contributed by atoms with van der Waals surface area (Å²) in [5, 5.41) is 2.79. The molecule has 0 aromatic heterocycles.